The fraction of sp³-hybridized carbons (Fsp3) is 0.333. The fourth-order valence-corrected chi connectivity index (χ4v) is 2.70. The molecule has 20 heavy (non-hydrogen) atoms. The third-order valence-electron chi connectivity index (χ3n) is 2.57. The Kier molecular flexibility index (Phi) is 4.99. The van der Waals surface area contributed by atoms with Crippen molar-refractivity contribution in [3.8, 4) is 10.6 Å². The Labute approximate surface area is 125 Å². The Morgan fingerprint density at radius 3 is 2.90 bits per heavy atom. The number of hydrogen-bond acceptors (Lipinski definition) is 6. The van der Waals surface area contributed by atoms with Gasteiger partial charge in [0.25, 0.3) is 5.69 Å². The van der Waals surface area contributed by atoms with Crippen LogP contribution in [-0.4, -0.2) is 28.2 Å². The lowest BCUT2D eigenvalue weighted by atomic mass is 10.2. The zero-order valence-electron chi connectivity index (χ0n) is 10.8. The normalized spacial score (nSPS) is 10.7. The van der Waals surface area contributed by atoms with Crippen molar-refractivity contribution < 1.29 is 4.92 Å². The quantitative estimate of drug-likeness (QED) is 0.504. The number of likely N-dealkylation sites (N-methyl/N-ethyl adjacent to an activating group) is 1. The molecule has 0 saturated heterocycles. The van der Waals surface area contributed by atoms with Crippen LogP contribution in [0.3, 0.4) is 0 Å². The first-order chi connectivity index (χ1) is 9.60. The summed E-state index contributed by atoms with van der Waals surface area (Å²) < 4.78 is 0. The Bertz CT molecular complexity index is 617. The van der Waals surface area contributed by atoms with Gasteiger partial charge in [0.15, 0.2) is 0 Å². The molecule has 1 N–H and O–H groups in total. The summed E-state index contributed by atoms with van der Waals surface area (Å²) in [6, 6.07) is 4.43. The van der Waals surface area contributed by atoms with Crippen LogP contribution in [0.5, 0.6) is 0 Å². The van der Waals surface area contributed by atoms with Gasteiger partial charge in [-0.25, -0.2) is 0 Å². The van der Waals surface area contributed by atoms with Crippen molar-refractivity contribution in [2.24, 2.45) is 0 Å². The van der Waals surface area contributed by atoms with E-state index in [0.29, 0.717) is 15.6 Å². The molecule has 0 radical (unpaired) electrons. The van der Waals surface area contributed by atoms with E-state index in [4.69, 9.17) is 11.6 Å². The number of nitro groups is 1. The van der Waals surface area contributed by atoms with E-state index in [0.717, 1.165) is 24.5 Å². The molecule has 0 unspecified atom stereocenters. The van der Waals surface area contributed by atoms with Gasteiger partial charge < -0.3 is 5.32 Å². The predicted octanol–water partition coefficient (Wildman–Crippen LogP) is 2.92. The molecule has 0 atom stereocenters. The van der Waals surface area contributed by atoms with Gasteiger partial charge in [-0.15, -0.1) is 10.2 Å². The smallest absolute Gasteiger partial charge is 0.271 e. The lowest BCUT2D eigenvalue weighted by Gasteiger charge is -1.98. The van der Waals surface area contributed by atoms with Crippen LogP contribution in [0.2, 0.25) is 5.02 Å². The summed E-state index contributed by atoms with van der Waals surface area (Å²) in [5.74, 6) is 0. The second-order valence-electron chi connectivity index (χ2n) is 4.06. The highest BCUT2D eigenvalue weighted by Gasteiger charge is 2.13. The van der Waals surface area contributed by atoms with Crippen LogP contribution in [0.1, 0.15) is 11.9 Å². The summed E-state index contributed by atoms with van der Waals surface area (Å²) in [5.41, 5.74) is 0.577. The molecule has 0 amide bonds. The number of hydrogen-bond donors (Lipinski definition) is 1. The van der Waals surface area contributed by atoms with Crippen LogP contribution in [0.15, 0.2) is 18.2 Å². The summed E-state index contributed by atoms with van der Waals surface area (Å²) in [6.45, 7) is 3.78. The molecular weight excluding hydrogens is 300 g/mol. The van der Waals surface area contributed by atoms with Gasteiger partial charge in [0.1, 0.15) is 10.0 Å². The number of benzene rings is 1. The Morgan fingerprint density at radius 1 is 1.40 bits per heavy atom. The number of halogens is 1. The molecule has 1 heterocycles. The summed E-state index contributed by atoms with van der Waals surface area (Å²) >= 11 is 7.32. The molecule has 6 nitrogen and oxygen atoms in total. The lowest BCUT2D eigenvalue weighted by molar-refractivity contribution is -0.384. The van der Waals surface area contributed by atoms with Crippen LogP contribution in [0.4, 0.5) is 5.69 Å². The average Bonchev–Trinajstić information content (AvgIpc) is 2.87. The molecule has 0 aliphatic heterocycles. The zero-order chi connectivity index (χ0) is 14.5. The average molecular weight is 313 g/mol. The minimum absolute atomic E-state index is 0.0445. The van der Waals surface area contributed by atoms with Gasteiger partial charge in [0, 0.05) is 35.7 Å². The molecule has 1 aromatic carbocycles. The van der Waals surface area contributed by atoms with E-state index in [2.05, 4.69) is 15.5 Å². The molecule has 0 saturated carbocycles. The van der Waals surface area contributed by atoms with Crippen LogP contribution >= 0.6 is 22.9 Å². The molecule has 2 rings (SSSR count). The number of nitrogens with zero attached hydrogens (tertiary/aromatic N) is 3. The van der Waals surface area contributed by atoms with Crippen LogP contribution < -0.4 is 5.32 Å². The molecule has 106 valence electrons. The van der Waals surface area contributed by atoms with Crippen molar-refractivity contribution in [1.82, 2.24) is 15.5 Å². The van der Waals surface area contributed by atoms with Crippen molar-refractivity contribution in [1.29, 1.82) is 0 Å². The lowest BCUT2D eigenvalue weighted by Crippen LogP contribution is -2.15. The third-order valence-corrected chi connectivity index (χ3v) is 3.82. The SMILES string of the molecule is CCNCCc1nnc(-c2cc(Cl)cc([N+](=O)[O-])c2)s1. The van der Waals surface area contributed by atoms with E-state index in [1.165, 1.54) is 23.5 Å². The largest absolute Gasteiger partial charge is 0.317 e. The van der Waals surface area contributed by atoms with E-state index in [-0.39, 0.29) is 5.69 Å². The second kappa shape index (κ2) is 6.74. The Morgan fingerprint density at radius 2 is 2.20 bits per heavy atom. The molecule has 0 bridgehead atoms. The Hall–Kier alpha value is -1.57. The van der Waals surface area contributed by atoms with E-state index >= 15 is 0 Å². The highest BCUT2D eigenvalue weighted by atomic mass is 35.5. The maximum atomic E-state index is 10.8. The number of non-ortho nitro benzene ring substituents is 1. The van der Waals surface area contributed by atoms with Crippen molar-refractivity contribution in [3.63, 3.8) is 0 Å². The van der Waals surface area contributed by atoms with Gasteiger partial charge >= 0.3 is 0 Å². The Balaban J connectivity index is 2.21. The van der Waals surface area contributed by atoms with E-state index in [1.807, 2.05) is 6.92 Å². The van der Waals surface area contributed by atoms with Gasteiger partial charge in [-0.3, -0.25) is 10.1 Å². The van der Waals surface area contributed by atoms with Gasteiger partial charge in [0.2, 0.25) is 0 Å². The molecule has 0 spiro atoms. The number of nitrogens with one attached hydrogen (secondary N) is 1. The monoisotopic (exact) mass is 312 g/mol. The fourth-order valence-electron chi connectivity index (χ4n) is 1.65. The van der Waals surface area contributed by atoms with Crippen molar-refractivity contribution >= 4 is 28.6 Å². The van der Waals surface area contributed by atoms with Crippen molar-refractivity contribution in [2.45, 2.75) is 13.3 Å². The third kappa shape index (κ3) is 3.72. The molecule has 2 aromatic rings. The van der Waals surface area contributed by atoms with Crippen LogP contribution in [0.25, 0.3) is 10.6 Å². The first-order valence-corrected chi connectivity index (χ1v) is 7.28. The van der Waals surface area contributed by atoms with Crippen LogP contribution in [0, 0.1) is 10.1 Å². The van der Waals surface area contributed by atoms with E-state index < -0.39 is 4.92 Å². The van der Waals surface area contributed by atoms with E-state index in [9.17, 15) is 10.1 Å². The maximum absolute atomic E-state index is 10.8. The summed E-state index contributed by atoms with van der Waals surface area (Å²) in [4.78, 5) is 10.4. The summed E-state index contributed by atoms with van der Waals surface area (Å²) in [6.07, 6.45) is 0.786. The zero-order valence-corrected chi connectivity index (χ0v) is 12.4. The minimum atomic E-state index is -0.470. The number of aromatic nitrogens is 2. The predicted molar refractivity (Wildman–Crippen MR) is 79.3 cm³/mol. The van der Waals surface area contributed by atoms with Gasteiger partial charge in [0.05, 0.1) is 4.92 Å². The van der Waals surface area contributed by atoms with Gasteiger partial charge in [-0.05, 0) is 12.6 Å². The molecule has 0 aliphatic rings. The highest BCUT2D eigenvalue weighted by Crippen LogP contribution is 2.30. The van der Waals surface area contributed by atoms with Gasteiger partial charge in [-0.2, -0.15) is 0 Å². The topological polar surface area (TPSA) is 81.0 Å². The summed E-state index contributed by atoms with van der Waals surface area (Å²) in [5, 5.41) is 24.0. The molecule has 0 aliphatic carbocycles. The molecule has 1 aromatic heterocycles. The first-order valence-electron chi connectivity index (χ1n) is 6.08. The van der Waals surface area contributed by atoms with E-state index in [1.54, 1.807) is 6.07 Å². The highest BCUT2D eigenvalue weighted by molar-refractivity contribution is 7.14. The van der Waals surface area contributed by atoms with Crippen molar-refractivity contribution in [2.75, 3.05) is 13.1 Å². The maximum Gasteiger partial charge on any atom is 0.271 e. The molecule has 0 fully saturated rings. The second-order valence-corrected chi connectivity index (χ2v) is 5.56. The molecular formula is C12H13ClN4O2S. The van der Waals surface area contributed by atoms with Crippen molar-refractivity contribution in [3.05, 3.63) is 38.3 Å². The number of rotatable bonds is 6. The van der Waals surface area contributed by atoms with Crippen LogP contribution in [-0.2, 0) is 6.42 Å². The first kappa shape index (κ1) is 14.8. The number of nitro benzene ring substituents is 1. The van der Waals surface area contributed by atoms with Gasteiger partial charge in [-0.1, -0.05) is 29.9 Å². The standard InChI is InChI=1S/C12H13ClN4O2S/c1-2-14-4-3-11-15-16-12(20-11)8-5-9(13)7-10(6-8)17(18)19/h5-7,14H,2-4H2,1H3. The molecule has 8 heteroatoms. The minimum Gasteiger partial charge on any atom is -0.317 e. The summed E-state index contributed by atoms with van der Waals surface area (Å²) in [7, 11) is 0.